The van der Waals surface area contributed by atoms with Crippen molar-refractivity contribution in [1.82, 2.24) is 4.90 Å². The van der Waals surface area contributed by atoms with Crippen molar-refractivity contribution >= 4 is 69.4 Å². The van der Waals surface area contributed by atoms with Gasteiger partial charge in [-0.1, -0.05) is 0 Å². The summed E-state index contributed by atoms with van der Waals surface area (Å²) in [4.78, 5) is 16.7. The van der Waals surface area contributed by atoms with Gasteiger partial charge in [0.05, 0.1) is 0 Å². The van der Waals surface area contributed by atoms with Gasteiger partial charge in [0, 0.05) is 0 Å². The van der Waals surface area contributed by atoms with Crippen LogP contribution in [0.3, 0.4) is 0 Å². The number of thiocarbonyl (C=S) groups is 1. The van der Waals surface area contributed by atoms with Crippen molar-refractivity contribution < 1.29 is 22.5 Å². The van der Waals surface area contributed by atoms with E-state index in [1.165, 1.54) is 11.8 Å². The number of hydrogen-bond donors (Lipinski definition) is 1. The number of carbonyl (C=O) groups excluding carboxylic acids is 1. The molecule has 30 heavy (non-hydrogen) atoms. The maximum absolute atomic E-state index is 12.5. The normalized spacial score (nSPS) is 19.3. The van der Waals surface area contributed by atoms with E-state index >= 15 is 0 Å². The van der Waals surface area contributed by atoms with Gasteiger partial charge in [-0.25, -0.2) is 0 Å². The second kappa shape index (κ2) is 9.42. The Morgan fingerprint density at radius 3 is 2.63 bits per heavy atom. The molecule has 7 nitrogen and oxygen atoms in total. The van der Waals surface area contributed by atoms with Gasteiger partial charge in [0.2, 0.25) is 0 Å². The molecule has 2 aliphatic heterocycles. The van der Waals surface area contributed by atoms with Gasteiger partial charge in [0.15, 0.2) is 0 Å². The number of carbonyl (C=O) groups is 1. The van der Waals surface area contributed by atoms with E-state index in [-0.39, 0.29) is 33.0 Å². The molecule has 0 bridgehead atoms. The molecule has 0 atom stereocenters. The Morgan fingerprint density at radius 2 is 2.03 bits per heavy atom. The molecule has 1 amide bonds. The van der Waals surface area contributed by atoms with Crippen LogP contribution >= 0.6 is 24.0 Å². The zero-order chi connectivity index (χ0) is 22.1. The summed E-state index contributed by atoms with van der Waals surface area (Å²) in [6.07, 6.45) is 3.99. The van der Waals surface area contributed by atoms with E-state index in [0.29, 0.717) is 22.3 Å². The first-order valence-electron chi connectivity index (χ1n) is 9.19. The number of anilines is 1. The van der Waals surface area contributed by atoms with E-state index in [0.717, 1.165) is 26.1 Å². The zero-order valence-corrected chi connectivity index (χ0v) is 20.9. The molecule has 11 heteroatoms. The van der Waals surface area contributed by atoms with Gasteiger partial charge in [-0.3, -0.25) is 0 Å². The monoisotopic (exact) mass is 534 g/mol. The zero-order valence-electron chi connectivity index (χ0n) is 16.7. The second-order valence-electron chi connectivity index (χ2n) is 6.64. The summed E-state index contributed by atoms with van der Waals surface area (Å²) in [5, 5.41) is 0. The van der Waals surface area contributed by atoms with Gasteiger partial charge >= 0.3 is 193 Å². The second-order valence-corrected chi connectivity index (χ2v) is 12.1. The van der Waals surface area contributed by atoms with Crippen LogP contribution in [-0.2, 0) is 14.9 Å². The Kier molecular flexibility index (Phi) is 7.32. The Hall–Kier alpha value is -1.36. The average Bonchev–Trinajstić information content (AvgIpc) is 3.14. The van der Waals surface area contributed by atoms with Gasteiger partial charge in [0.1, 0.15) is 0 Å². The van der Waals surface area contributed by atoms with Crippen LogP contribution in [0.4, 0.5) is 5.69 Å². The summed E-state index contributed by atoms with van der Waals surface area (Å²) in [5.41, 5.74) is 1.99. The molecule has 0 saturated carbocycles. The molecule has 2 heterocycles. The SMILES string of the molecule is CCN1C(=O)C(=CC=C2[Se]c3cc(OC)c(C)cc3N2CCCS(=O)(=O)O)SC1=S. The molecule has 0 unspecified atom stereocenters. The fourth-order valence-electron chi connectivity index (χ4n) is 3.15. The molecule has 2 aliphatic rings. The van der Waals surface area contributed by atoms with Crippen LogP contribution in [-0.4, -0.2) is 69.0 Å². The van der Waals surface area contributed by atoms with Crippen LogP contribution < -0.4 is 14.1 Å². The van der Waals surface area contributed by atoms with Crippen LogP contribution in [0.15, 0.2) is 33.8 Å². The quantitative estimate of drug-likeness (QED) is 0.247. The number of amides is 1. The number of allylic oxidation sites excluding steroid dienone is 2. The summed E-state index contributed by atoms with van der Waals surface area (Å²) >= 11 is 6.51. The molecule has 1 fully saturated rings. The fraction of sp³-hybridized carbons (Fsp3) is 0.368. The number of ether oxygens (including phenoxy) is 1. The Morgan fingerprint density at radius 1 is 1.30 bits per heavy atom. The summed E-state index contributed by atoms with van der Waals surface area (Å²) < 4.78 is 39.5. The molecule has 0 radical (unpaired) electrons. The van der Waals surface area contributed by atoms with Gasteiger partial charge in [-0.15, -0.1) is 0 Å². The summed E-state index contributed by atoms with van der Waals surface area (Å²) in [6.45, 7) is 4.82. The molecule has 3 rings (SSSR count). The van der Waals surface area contributed by atoms with E-state index in [9.17, 15) is 13.2 Å². The van der Waals surface area contributed by atoms with Crippen molar-refractivity contribution in [3.05, 3.63) is 39.3 Å². The molecule has 0 aromatic heterocycles. The van der Waals surface area contributed by atoms with Crippen molar-refractivity contribution in [3.63, 3.8) is 0 Å². The standard InChI is InChI=1S/C19H22N2O5S3Se/c1-4-20-18(22)15(28-19(20)27)6-7-17-21(8-5-9-29(23,24)25)13-10-12(2)14(26-3)11-16(13)30-17/h6-7,10-11H,4-5,8-9H2,1-3H3,(H,23,24,25). The number of methoxy groups -OCH3 is 1. The van der Waals surface area contributed by atoms with Gasteiger partial charge in [-0.2, -0.15) is 0 Å². The van der Waals surface area contributed by atoms with E-state index < -0.39 is 10.1 Å². The van der Waals surface area contributed by atoms with Crippen molar-refractivity contribution in [3.8, 4) is 5.75 Å². The van der Waals surface area contributed by atoms with Crippen molar-refractivity contribution in [1.29, 1.82) is 0 Å². The van der Waals surface area contributed by atoms with Gasteiger partial charge in [-0.05, 0) is 0 Å². The van der Waals surface area contributed by atoms with Gasteiger partial charge < -0.3 is 0 Å². The number of fused-ring (bicyclic) bond motifs is 1. The third-order valence-corrected chi connectivity index (χ3v) is 9.13. The number of thioether (sulfide) groups is 1. The molecule has 1 aromatic carbocycles. The van der Waals surface area contributed by atoms with Crippen LogP contribution in [0.25, 0.3) is 0 Å². The molecule has 1 aromatic rings. The summed E-state index contributed by atoms with van der Waals surface area (Å²) in [6, 6.07) is 4.04. The van der Waals surface area contributed by atoms with Crippen LogP contribution in [0.2, 0.25) is 0 Å². The van der Waals surface area contributed by atoms with E-state index in [4.69, 9.17) is 21.5 Å². The van der Waals surface area contributed by atoms with Crippen LogP contribution in [0.1, 0.15) is 18.9 Å². The number of rotatable bonds is 7. The Balaban J connectivity index is 1.91. The first kappa shape index (κ1) is 23.3. The molecule has 162 valence electrons. The predicted octanol–water partition coefficient (Wildman–Crippen LogP) is 2.04. The number of aryl methyl sites for hydroxylation is 1. The minimum absolute atomic E-state index is 0.0390. The van der Waals surface area contributed by atoms with E-state index in [1.54, 1.807) is 18.1 Å². The third-order valence-electron chi connectivity index (χ3n) is 4.60. The number of likely N-dealkylation sites (N-methyl/N-ethyl adjacent to an activating group) is 1. The van der Waals surface area contributed by atoms with Crippen LogP contribution in [0.5, 0.6) is 5.75 Å². The predicted molar refractivity (Wildman–Crippen MR) is 125 cm³/mol. The molecule has 1 saturated heterocycles. The van der Waals surface area contributed by atoms with Gasteiger partial charge in [0.25, 0.3) is 0 Å². The number of nitrogens with zero attached hydrogens (tertiary/aromatic N) is 2. The van der Waals surface area contributed by atoms with E-state index in [1.807, 2.05) is 32.1 Å². The first-order valence-corrected chi connectivity index (χ1v) is 13.7. The van der Waals surface area contributed by atoms with Crippen molar-refractivity contribution in [2.75, 3.05) is 30.9 Å². The topological polar surface area (TPSA) is 87.2 Å². The molecular formula is C19H22N2O5S3Se. The average molecular weight is 534 g/mol. The van der Waals surface area contributed by atoms with E-state index in [2.05, 4.69) is 4.90 Å². The maximum atomic E-state index is 12.5. The fourth-order valence-corrected chi connectivity index (χ4v) is 7.28. The molecule has 1 N–H and O–H groups in total. The van der Waals surface area contributed by atoms with Crippen molar-refractivity contribution in [2.24, 2.45) is 0 Å². The Labute approximate surface area is 192 Å². The number of benzene rings is 1. The minimum atomic E-state index is -4.02. The molecule has 0 spiro atoms. The Bertz CT molecular complexity index is 1050. The summed E-state index contributed by atoms with van der Waals surface area (Å²) in [5.74, 6) is 0.407. The molecular weight excluding hydrogens is 511 g/mol. The third kappa shape index (κ3) is 5.09. The first-order chi connectivity index (χ1) is 14.1. The van der Waals surface area contributed by atoms with Crippen molar-refractivity contribution in [2.45, 2.75) is 20.3 Å². The number of hydrogen-bond acceptors (Lipinski definition) is 7. The van der Waals surface area contributed by atoms with Crippen LogP contribution in [0, 0.1) is 6.92 Å². The summed E-state index contributed by atoms with van der Waals surface area (Å²) in [7, 11) is -2.39. The molecule has 0 aliphatic carbocycles.